The second kappa shape index (κ2) is 7.72. The van der Waals surface area contributed by atoms with Gasteiger partial charge in [-0.25, -0.2) is 21.9 Å². The fourth-order valence-corrected chi connectivity index (χ4v) is 3.59. The van der Waals surface area contributed by atoms with E-state index in [1.165, 1.54) is 0 Å². The molecule has 0 aliphatic heterocycles. The fraction of sp³-hybridized carbons (Fsp3) is 0.294. The van der Waals surface area contributed by atoms with Crippen LogP contribution in [0.1, 0.15) is 18.9 Å². The minimum Gasteiger partial charge on any atom is -0.497 e. The predicted molar refractivity (Wildman–Crippen MR) is 87.5 cm³/mol. The van der Waals surface area contributed by atoms with Crippen LogP contribution in [0.15, 0.2) is 47.4 Å². The molecule has 24 heavy (non-hydrogen) atoms. The Labute approximate surface area is 140 Å². The molecule has 0 spiro atoms. The van der Waals surface area contributed by atoms with E-state index >= 15 is 0 Å². The Kier molecular flexibility index (Phi) is 5.90. The summed E-state index contributed by atoms with van der Waals surface area (Å²) in [4.78, 5) is -0.555. The Balaban J connectivity index is 1.98. The van der Waals surface area contributed by atoms with Gasteiger partial charge < -0.3 is 4.74 Å². The lowest BCUT2D eigenvalue weighted by molar-refractivity contribution is 0.414. The van der Waals surface area contributed by atoms with Gasteiger partial charge in [0.15, 0.2) is 0 Å². The molecule has 0 radical (unpaired) electrons. The average molecular weight is 355 g/mol. The molecule has 0 aliphatic rings. The molecule has 0 amide bonds. The Bertz CT molecular complexity index is 792. The average Bonchev–Trinajstić information content (AvgIpc) is 2.52. The van der Waals surface area contributed by atoms with Crippen molar-refractivity contribution >= 4 is 10.0 Å². The van der Waals surface area contributed by atoms with Gasteiger partial charge >= 0.3 is 0 Å². The summed E-state index contributed by atoms with van der Waals surface area (Å²) in [6, 6.07) is 9.45. The third kappa shape index (κ3) is 4.75. The lowest BCUT2D eigenvalue weighted by Gasteiger charge is -2.15. The normalized spacial score (nSPS) is 12.8. The van der Waals surface area contributed by atoms with E-state index in [2.05, 4.69) is 4.72 Å². The topological polar surface area (TPSA) is 55.4 Å². The van der Waals surface area contributed by atoms with Crippen LogP contribution in [0, 0.1) is 11.6 Å². The van der Waals surface area contributed by atoms with Gasteiger partial charge in [0.2, 0.25) is 10.0 Å². The first-order valence-electron chi connectivity index (χ1n) is 7.42. The monoisotopic (exact) mass is 355 g/mol. The van der Waals surface area contributed by atoms with Crippen molar-refractivity contribution in [2.75, 3.05) is 7.11 Å². The number of hydrogen-bond donors (Lipinski definition) is 1. The van der Waals surface area contributed by atoms with Crippen LogP contribution in [0.4, 0.5) is 8.78 Å². The lowest BCUT2D eigenvalue weighted by Crippen LogP contribution is -2.33. The van der Waals surface area contributed by atoms with Crippen LogP contribution in [0.25, 0.3) is 0 Å². The highest BCUT2D eigenvalue weighted by Gasteiger charge is 2.21. The van der Waals surface area contributed by atoms with Gasteiger partial charge in [-0.15, -0.1) is 0 Å². The second-order valence-electron chi connectivity index (χ2n) is 5.48. The van der Waals surface area contributed by atoms with E-state index in [4.69, 9.17) is 4.74 Å². The van der Waals surface area contributed by atoms with E-state index in [9.17, 15) is 17.2 Å². The lowest BCUT2D eigenvalue weighted by atomic mass is 10.1. The number of hydrogen-bond acceptors (Lipinski definition) is 3. The van der Waals surface area contributed by atoms with Crippen LogP contribution < -0.4 is 9.46 Å². The molecule has 1 atom stereocenters. The SMILES string of the molecule is COc1ccc(CCC(C)NS(=O)(=O)c2ccc(F)cc2F)cc1. The quantitative estimate of drug-likeness (QED) is 0.829. The molecule has 4 nitrogen and oxygen atoms in total. The van der Waals surface area contributed by atoms with E-state index in [1.54, 1.807) is 14.0 Å². The smallest absolute Gasteiger partial charge is 0.243 e. The molecule has 0 saturated carbocycles. The van der Waals surface area contributed by atoms with Crippen molar-refractivity contribution in [2.45, 2.75) is 30.7 Å². The van der Waals surface area contributed by atoms with Crippen molar-refractivity contribution in [1.82, 2.24) is 4.72 Å². The second-order valence-corrected chi connectivity index (χ2v) is 7.17. The zero-order valence-corrected chi connectivity index (χ0v) is 14.2. The number of benzene rings is 2. The van der Waals surface area contributed by atoms with E-state index in [0.29, 0.717) is 18.9 Å². The summed E-state index contributed by atoms with van der Waals surface area (Å²) in [6.07, 6.45) is 1.19. The molecular formula is C17H19F2NO3S. The van der Waals surface area contributed by atoms with Crippen LogP contribution in [0.3, 0.4) is 0 Å². The number of sulfonamides is 1. The zero-order chi connectivity index (χ0) is 17.7. The van der Waals surface area contributed by atoms with Gasteiger partial charge in [-0.1, -0.05) is 12.1 Å². The summed E-state index contributed by atoms with van der Waals surface area (Å²) in [5, 5.41) is 0. The molecule has 0 fully saturated rings. The Morgan fingerprint density at radius 3 is 2.38 bits per heavy atom. The first-order valence-corrected chi connectivity index (χ1v) is 8.90. The Morgan fingerprint density at radius 1 is 1.12 bits per heavy atom. The van der Waals surface area contributed by atoms with Crippen LogP contribution in [-0.4, -0.2) is 21.6 Å². The number of methoxy groups -OCH3 is 1. The number of halogens is 2. The van der Waals surface area contributed by atoms with Crippen LogP contribution in [0.5, 0.6) is 5.75 Å². The van der Waals surface area contributed by atoms with Gasteiger partial charge in [-0.05, 0) is 49.6 Å². The third-order valence-corrected chi connectivity index (χ3v) is 5.19. The van der Waals surface area contributed by atoms with Crippen LogP contribution in [0.2, 0.25) is 0 Å². The predicted octanol–water partition coefficient (Wildman–Crippen LogP) is 3.27. The van der Waals surface area contributed by atoms with E-state index < -0.39 is 32.6 Å². The first kappa shape index (κ1) is 18.4. The van der Waals surface area contributed by atoms with Crippen molar-refractivity contribution in [3.63, 3.8) is 0 Å². The van der Waals surface area contributed by atoms with Crippen molar-refractivity contribution in [1.29, 1.82) is 0 Å². The number of aryl methyl sites for hydroxylation is 1. The van der Waals surface area contributed by atoms with Gasteiger partial charge in [0.25, 0.3) is 0 Å². The minimum absolute atomic E-state index is 0.401. The molecule has 2 rings (SSSR count). The van der Waals surface area contributed by atoms with Gasteiger partial charge in [0, 0.05) is 12.1 Å². The summed E-state index contributed by atoms with van der Waals surface area (Å²) in [5.41, 5.74) is 1.04. The fourth-order valence-electron chi connectivity index (χ4n) is 2.26. The summed E-state index contributed by atoms with van der Waals surface area (Å²) in [7, 11) is -2.45. The Hall–Kier alpha value is -1.99. The molecule has 1 N–H and O–H groups in total. The molecule has 0 aromatic heterocycles. The van der Waals surface area contributed by atoms with Gasteiger partial charge in [-0.3, -0.25) is 0 Å². The summed E-state index contributed by atoms with van der Waals surface area (Å²) in [6.45, 7) is 1.70. The van der Waals surface area contributed by atoms with E-state index in [-0.39, 0.29) is 0 Å². The summed E-state index contributed by atoms with van der Waals surface area (Å²) < 4.78 is 58.4. The molecule has 0 saturated heterocycles. The first-order chi connectivity index (χ1) is 11.3. The summed E-state index contributed by atoms with van der Waals surface area (Å²) in [5.74, 6) is -1.18. The van der Waals surface area contributed by atoms with Crippen molar-refractivity contribution in [2.24, 2.45) is 0 Å². The molecule has 2 aromatic carbocycles. The van der Waals surface area contributed by atoms with Crippen molar-refractivity contribution in [3.8, 4) is 5.75 Å². The maximum atomic E-state index is 13.6. The molecule has 2 aromatic rings. The van der Waals surface area contributed by atoms with Crippen LogP contribution in [-0.2, 0) is 16.4 Å². The number of ether oxygens (including phenoxy) is 1. The maximum Gasteiger partial charge on any atom is 0.243 e. The standard InChI is InChI=1S/C17H19F2NO3S/c1-12(3-4-13-5-8-15(23-2)9-6-13)20-24(21,22)17-10-7-14(18)11-16(17)19/h5-12,20H,3-4H2,1-2H3. The zero-order valence-electron chi connectivity index (χ0n) is 13.4. The number of nitrogens with one attached hydrogen (secondary N) is 1. The van der Waals surface area contributed by atoms with E-state index in [0.717, 1.165) is 23.4 Å². The molecule has 0 heterocycles. The highest BCUT2D eigenvalue weighted by Crippen LogP contribution is 2.17. The maximum absolute atomic E-state index is 13.6. The van der Waals surface area contributed by atoms with Crippen molar-refractivity contribution in [3.05, 3.63) is 59.7 Å². The minimum atomic E-state index is -4.03. The van der Waals surface area contributed by atoms with Gasteiger partial charge in [0.05, 0.1) is 7.11 Å². The molecular weight excluding hydrogens is 336 g/mol. The molecule has 1 unspecified atom stereocenters. The molecule has 0 aliphatic carbocycles. The summed E-state index contributed by atoms with van der Waals surface area (Å²) >= 11 is 0. The highest BCUT2D eigenvalue weighted by molar-refractivity contribution is 7.89. The van der Waals surface area contributed by atoms with Crippen molar-refractivity contribution < 1.29 is 21.9 Å². The van der Waals surface area contributed by atoms with Gasteiger partial charge in [0.1, 0.15) is 22.3 Å². The van der Waals surface area contributed by atoms with E-state index in [1.807, 2.05) is 24.3 Å². The van der Waals surface area contributed by atoms with Gasteiger partial charge in [-0.2, -0.15) is 0 Å². The molecule has 7 heteroatoms. The largest absolute Gasteiger partial charge is 0.497 e. The third-order valence-electron chi connectivity index (χ3n) is 3.56. The Morgan fingerprint density at radius 2 is 1.79 bits per heavy atom. The number of rotatable bonds is 7. The van der Waals surface area contributed by atoms with Crippen LogP contribution >= 0.6 is 0 Å². The molecule has 130 valence electrons. The highest BCUT2D eigenvalue weighted by atomic mass is 32.2. The molecule has 0 bridgehead atoms.